The molecule has 0 aliphatic carbocycles. The van der Waals surface area contributed by atoms with Gasteiger partial charge in [0.2, 0.25) is 0 Å². The predicted octanol–water partition coefficient (Wildman–Crippen LogP) is 6.83. The largest absolute Gasteiger partial charge is 0.476 e. The Hall–Kier alpha value is -2.31. The number of benzene rings is 1. The van der Waals surface area contributed by atoms with E-state index in [4.69, 9.17) is 5.11 Å². The van der Waals surface area contributed by atoms with Gasteiger partial charge >= 0.3 is 12.1 Å². The average Bonchev–Trinajstić information content (AvgIpc) is 3.01. The first-order valence-corrected chi connectivity index (χ1v) is 9.56. The summed E-state index contributed by atoms with van der Waals surface area (Å²) >= 11 is 0. The van der Waals surface area contributed by atoms with Crippen molar-refractivity contribution in [2.24, 2.45) is 0 Å². The van der Waals surface area contributed by atoms with Gasteiger partial charge in [0.1, 0.15) is 0 Å². The van der Waals surface area contributed by atoms with Crippen LogP contribution in [-0.4, -0.2) is 16.1 Å². The number of aryl methyl sites for hydroxylation is 1. The highest BCUT2D eigenvalue weighted by atomic mass is 19.4. The Kier molecular flexibility index (Phi) is 7.66. The Balaban J connectivity index is 2.15. The van der Waals surface area contributed by atoms with Crippen LogP contribution < -0.4 is 0 Å². The van der Waals surface area contributed by atoms with Gasteiger partial charge in [0.15, 0.2) is 11.5 Å². The highest BCUT2D eigenvalue weighted by Gasteiger charge is 2.35. The first-order valence-electron chi connectivity index (χ1n) is 9.56. The first kappa shape index (κ1) is 22.0. The average molecular weight is 399 g/mol. The molecule has 0 bridgehead atoms. The van der Waals surface area contributed by atoms with E-state index in [0.29, 0.717) is 12.0 Å². The molecule has 1 aromatic carbocycles. The third-order valence-electron chi connectivity index (χ3n) is 4.78. The summed E-state index contributed by atoms with van der Waals surface area (Å²) in [4.78, 5) is 13.1. The molecule has 0 radical (unpaired) electrons. The maximum atomic E-state index is 14.2. The number of halogens is 4. The highest BCUT2D eigenvalue weighted by Crippen LogP contribution is 2.39. The second-order valence-corrected chi connectivity index (χ2v) is 6.95. The minimum absolute atomic E-state index is 0.364. The summed E-state index contributed by atoms with van der Waals surface area (Å²) in [6.45, 7) is 2.14. The number of aromatic carboxylic acids is 1. The lowest BCUT2D eigenvalue weighted by Gasteiger charge is -2.14. The summed E-state index contributed by atoms with van der Waals surface area (Å²) < 4.78 is 54.8. The Morgan fingerprint density at radius 2 is 1.68 bits per heavy atom. The van der Waals surface area contributed by atoms with Crippen molar-refractivity contribution in [2.45, 2.75) is 64.5 Å². The molecule has 0 saturated carbocycles. The van der Waals surface area contributed by atoms with Crippen LogP contribution in [0.4, 0.5) is 17.6 Å². The van der Waals surface area contributed by atoms with Gasteiger partial charge in [0, 0.05) is 11.8 Å². The number of carboxylic acid groups (broad SMARTS) is 1. The van der Waals surface area contributed by atoms with Crippen LogP contribution >= 0.6 is 0 Å². The maximum absolute atomic E-state index is 14.2. The standard InChI is InChI=1S/C21H25F4NO2/c1-2-3-4-5-6-7-8-9-14-10-11-15(17(12-14)21(23,24)25)16-13-26-19(18(16)22)20(27)28/h10-13,26H,2-9H2,1H3,(H,27,28). The van der Waals surface area contributed by atoms with Crippen molar-refractivity contribution in [1.29, 1.82) is 0 Å². The molecule has 3 nitrogen and oxygen atoms in total. The lowest BCUT2D eigenvalue weighted by atomic mass is 9.96. The van der Waals surface area contributed by atoms with Gasteiger partial charge in [-0.2, -0.15) is 13.2 Å². The summed E-state index contributed by atoms with van der Waals surface area (Å²) in [6.07, 6.45) is 4.33. The molecular weight excluding hydrogens is 374 g/mol. The molecular formula is C21H25F4NO2. The molecule has 7 heteroatoms. The number of carboxylic acids is 1. The molecule has 0 aliphatic rings. The Morgan fingerprint density at radius 1 is 1.04 bits per heavy atom. The number of aromatic nitrogens is 1. The van der Waals surface area contributed by atoms with Gasteiger partial charge in [-0.25, -0.2) is 9.18 Å². The van der Waals surface area contributed by atoms with Gasteiger partial charge in [0.25, 0.3) is 0 Å². The number of hydrogen-bond donors (Lipinski definition) is 2. The SMILES string of the molecule is CCCCCCCCCc1ccc(-c2c[nH]c(C(=O)O)c2F)c(C(F)(F)F)c1. The molecule has 28 heavy (non-hydrogen) atoms. The molecule has 2 N–H and O–H groups in total. The van der Waals surface area contributed by atoms with Crippen LogP contribution in [0.25, 0.3) is 11.1 Å². The summed E-state index contributed by atoms with van der Waals surface area (Å²) in [5, 5.41) is 8.89. The molecule has 1 aromatic heterocycles. The van der Waals surface area contributed by atoms with E-state index < -0.39 is 34.8 Å². The summed E-state index contributed by atoms with van der Waals surface area (Å²) in [5.41, 5.74) is -1.93. The third kappa shape index (κ3) is 5.59. The van der Waals surface area contributed by atoms with E-state index in [1.54, 1.807) is 6.07 Å². The number of aromatic amines is 1. The van der Waals surface area contributed by atoms with E-state index in [9.17, 15) is 22.4 Å². The third-order valence-corrected chi connectivity index (χ3v) is 4.78. The molecule has 0 atom stereocenters. The van der Waals surface area contributed by atoms with Crippen LogP contribution in [0.2, 0.25) is 0 Å². The molecule has 1 heterocycles. The van der Waals surface area contributed by atoms with Crippen LogP contribution in [0.1, 0.15) is 73.5 Å². The van der Waals surface area contributed by atoms with Gasteiger partial charge in [-0.05, 0) is 30.0 Å². The van der Waals surface area contributed by atoms with Gasteiger partial charge in [-0.1, -0.05) is 57.6 Å². The van der Waals surface area contributed by atoms with Gasteiger partial charge < -0.3 is 10.1 Å². The molecule has 2 rings (SSSR count). The number of alkyl halides is 3. The van der Waals surface area contributed by atoms with Crippen LogP contribution in [0.15, 0.2) is 24.4 Å². The Morgan fingerprint density at radius 3 is 2.25 bits per heavy atom. The van der Waals surface area contributed by atoms with Crippen molar-refractivity contribution < 1.29 is 27.5 Å². The van der Waals surface area contributed by atoms with E-state index >= 15 is 0 Å². The van der Waals surface area contributed by atoms with Crippen LogP contribution in [0, 0.1) is 5.82 Å². The van der Waals surface area contributed by atoms with Gasteiger partial charge in [-0.15, -0.1) is 0 Å². The van der Waals surface area contributed by atoms with Crippen molar-refractivity contribution in [3.8, 4) is 11.1 Å². The Labute approximate surface area is 161 Å². The number of H-pyrrole nitrogens is 1. The normalized spacial score (nSPS) is 11.8. The molecule has 0 amide bonds. The number of carbonyl (C=O) groups is 1. The molecule has 154 valence electrons. The van der Waals surface area contributed by atoms with E-state index in [0.717, 1.165) is 37.9 Å². The fourth-order valence-electron chi connectivity index (χ4n) is 3.26. The molecule has 0 saturated heterocycles. The quantitative estimate of drug-likeness (QED) is 0.340. The van der Waals surface area contributed by atoms with Crippen molar-refractivity contribution in [1.82, 2.24) is 4.98 Å². The van der Waals surface area contributed by atoms with Crippen molar-refractivity contribution in [3.63, 3.8) is 0 Å². The number of hydrogen-bond acceptors (Lipinski definition) is 1. The zero-order valence-electron chi connectivity index (χ0n) is 15.8. The van der Waals surface area contributed by atoms with Crippen molar-refractivity contribution >= 4 is 5.97 Å². The summed E-state index contributed by atoms with van der Waals surface area (Å²) in [5.74, 6) is -2.76. The second kappa shape index (κ2) is 9.75. The lowest BCUT2D eigenvalue weighted by molar-refractivity contribution is -0.137. The summed E-state index contributed by atoms with van der Waals surface area (Å²) in [7, 11) is 0. The lowest BCUT2D eigenvalue weighted by Crippen LogP contribution is -2.08. The fraction of sp³-hybridized carbons (Fsp3) is 0.476. The summed E-state index contributed by atoms with van der Waals surface area (Å²) in [6, 6.07) is 3.81. The van der Waals surface area contributed by atoms with E-state index in [-0.39, 0.29) is 5.56 Å². The molecule has 2 aromatic rings. The number of rotatable bonds is 10. The monoisotopic (exact) mass is 399 g/mol. The molecule has 0 spiro atoms. The second-order valence-electron chi connectivity index (χ2n) is 6.95. The minimum Gasteiger partial charge on any atom is -0.476 e. The zero-order chi connectivity index (χ0) is 20.7. The van der Waals surface area contributed by atoms with Gasteiger partial charge in [-0.3, -0.25) is 0 Å². The molecule has 0 aliphatic heterocycles. The highest BCUT2D eigenvalue weighted by molar-refractivity contribution is 5.88. The van der Waals surface area contributed by atoms with Crippen molar-refractivity contribution in [2.75, 3.05) is 0 Å². The number of nitrogens with one attached hydrogen (secondary N) is 1. The predicted molar refractivity (Wildman–Crippen MR) is 99.8 cm³/mol. The number of unbranched alkanes of at least 4 members (excludes halogenated alkanes) is 6. The molecule has 0 fully saturated rings. The topological polar surface area (TPSA) is 53.1 Å². The van der Waals surface area contributed by atoms with Crippen LogP contribution in [0.5, 0.6) is 0 Å². The fourth-order valence-corrected chi connectivity index (χ4v) is 3.26. The first-order chi connectivity index (χ1) is 13.3. The van der Waals surface area contributed by atoms with E-state index in [1.807, 2.05) is 0 Å². The van der Waals surface area contributed by atoms with Crippen molar-refractivity contribution in [3.05, 3.63) is 47.0 Å². The Bertz CT molecular complexity index is 796. The van der Waals surface area contributed by atoms with Crippen LogP contribution in [0.3, 0.4) is 0 Å². The van der Waals surface area contributed by atoms with Crippen LogP contribution in [-0.2, 0) is 12.6 Å². The molecule has 0 unspecified atom stereocenters. The van der Waals surface area contributed by atoms with E-state index in [1.165, 1.54) is 25.3 Å². The minimum atomic E-state index is -4.67. The zero-order valence-corrected chi connectivity index (χ0v) is 15.8. The smallest absolute Gasteiger partial charge is 0.417 e. The van der Waals surface area contributed by atoms with E-state index in [2.05, 4.69) is 11.9 Å². The maximum Gasteiger partial charge on any atom is 0.417 e. The van der Waals surface area contributed by atoms with Gasteiger partial charge in [0.05, 0.1) is 5.56 Å².